The van der Waals surface area contributed by atoms with Crippen LogP contribution in [0.5, 0.6) is 0 Å². The number of halogens is 3. The van der Waals surface area contributed by atoms with Crippen LogP contribution < -0.4 is 4.72 Å². The van der Waals surface area contributed by atoms with E-state index in [1.165, 1.54) is 20.2 Å². The first-order valence-electron chi connectivity index (χ1n) is 11.7. The lowest BCUT2D eigenvalue weighted by atomic mass is 9.79. The molecule has 2 aromatic rings. The lowest BCUT2D eigenvalue weighted by molar-refractivity contribution is -0.162. The summed E-state index contributed by atoms with van der Waals surface area (Å²) in [6.07, 6.45) is 0.461. The van der Waals surface area contributed by atoms with Gasteiger partial charge in [-0.25, -0.2) is 13.2 Å². The van der Waals surface area contributed by atoms with E-state index < -0.39 is 52.1 Å². The Balaban J connectivity index is 1.75. The highest BCUT2D eigenvalue weighted by atomic mass is 32.2. The Morgan fingerprint density at radius 3 is 2.44 bits per heavy atom. The van der Waals surface area contributed by atoms with Crippen molar-refractivity contribution in [2.45, 2.75) is 56.2 Å². The number of carbonyl (C=O) groups excluding carboxylic acids is 1. The quantitative estimate of drug-likeness (QED) is 0.582. The van der Waals surface area contributed by atoms with Crippen molar-refractivity contribution in [3.05, 3.63) is 59.4 Å². The third-order valence-electron chi connectivity index (χ3n) is 7.05. The van der Waals surface area contributed by atoms with Gasteiger partial charge >= 0.3 is 0 Å². The van der Waals surface area contributed by atoms with Gasteiger partial charge in [-0.05, 0) is 43.7 Å². The molecule has 2 N–H and O–H groups in total. The van der Waals surface area contributed by atoms with Crippen LogP contribution in [0.4, 0.5) is 13.2 Å². The highest BCUT2D eigenvalue weighted by Crippen LogP contribution is 2.41. The van der Waals surface area contributed by atoms with E-state index in [4.69, 9.17) is 0 Å². The molecule has 2 atom stereocenters. The Morgan fingerprint density at radius 2 is 1.86 bits per heavy atom. The predicted octanol–water partition coefficient (Wildman–Crippen LogP) is 2.87. The minimum absolute atomic E-state index is 0.0594. The molecule has 36 heavy (non-hydrogen) atoms. The SMILES string of the molecule is Cc1cccc(-c2cccc(C[C@H]3[C@@H](NS(=O)(=O)N(C)C)C(F)(F)CN3C(=O)C3(O)CCC3)c2F)c1. The maximum atomic E-state index is 15.7. The first-order valence-corrected chi connectivity index (χ1v) is 13.1. The highest BCUT2D eigenvalue weighted by molar-refractivity contribution is 7.87. The van der Waals surface area contributed by atoms with E-state index in [0.717, 1.165) is 14.8 Å². The van der Waals surface area contributed by atoms with Gasteiger partial charge in [-0.2, -0.15) is 17.4 Å². The summed E-state index contributed by atoms with van der Waals surface area (Å²) in [5.41, 5.74) is 0.0705. The van der Waals surface area contributed by atoms with Gasteiger partial charge in [0.15, 0.2) is 0 Å². The van der Waals surface area contributed by atoms with Crippen molar-refractivity contribution in [2.75, 3.05) is 20.6 Å². The second-order valence-electron chi connectivity index (χ2n) is 9.88. The molecule has 0 radical (unpaired) electrons. The molecule has 4 rings (SSSR count). The number of likely N-dealkylation sites (tertiary alicyclic amines) is 1. The van der Waals surface area contributed by atoms with Crippen LogP contribution in [-0.2, 0) is 21.4 Å². The van der Waals surface area contributed by atoms with Crippen LogP contribution in [0, 0.1) is 12.7 Å². The van der Waals surface area contributed by atoms with Gasteiger partial charge in [0.05, 0.1) is 12.6 Å². The summed E-state index contributed by atoms with van der Waals surface area (Å²) in [5.74, 6) is -5.17. The standard InChI is InChI=1S/C25H30F3N3O4S/c1-16-7-4-8-17(13-16)19-10-5-9-18(21(19)26)14-20-22(29-36(34,35)30(2)3)25(27,28)15-31(20)23(32)24(33)11-6-12-24/h4-5,7-10,13,20,22,29,33H,6,11-12,14-15H2,1-3H3/t20-,22+/m0/s1. The lowest BCUT2D eigenvalue weighted by Crippen LogP contribution is -2.58. The zero-order chi connectivity index (χ0) is 26.5. The lowest BCUT2D eigenvalue weighted by Gasteiger charge is -2.40. The summed E-state index contributed by atoms with van der Waals surface area (Å²) in [6.45, 7) is 0.778. The number of aliphatic hydroxyl groups is 1. The maximum Gasteiger partial charge on any atom is 0.283 e. The van der Waals surface area contributed by atoms with Gasteiger partial charge in [-0.1, -0.05) is 48.0 Å². The molecule has 1 saturated heterocycles. The molecule has 11 heteroatoms. The van der Waals surface area contributed by atoms with Crippen LogP contribution in [-0.4, -0.2) is 72.9 Å². The largest absolute Gasteiger partial charge is 0.380 e. The average molecular weight is 526 g/mol. The molecule has 2 aliphatic rings. The number of nitrogens with zero attached hydrogens (tertiary/aromatic N) is 2. The predicted molar refractivity (Wildman–Crippen MR) is 129 cm³/mol. The van der Waals surface area contributed by atoms with Gasteiger partial charge in [0, 0.05) is 19.7 Å². The molecule has 1 amide bonds. The normalized spacial score (nSPS) is 23.1. The Morgan fingerprint density at radius 1 is 1.19 bits per heavy atom. The number of amides is 1. The van der Waals surface area contributed by atoms with Gasteiger partial charge in [-0.15, -0.1) is 0 Å². The van der Waals surface area contributed by atoms with E-state index in [1.54, 1.807) is 30.3 Å². The fraction of sp³-hybridized carbons (Fsp3) is 0.480. The molecule has 0 aromatic heterocycles. The summed E-state index contributed by atoms with van der Waals surface area (Å²) in [6, 6.07) is 8.33. The molecule has 7 nitrogen and oxygen atoms in total. The van der Waals surface area contributed by atoms with Crippen LogP contribution in [0.25, 0.3) is 11.1 Å². The Labute approximate surface area is 209 Å². The molecular weight excluding hydrogens is 495 g/mol. The molecule has 2 fully saturated rings. The minimum Gasteiger partial charge on any atom is -0.380 e. The molecule has 1 aliphatic heterocycles. The molecule has 1 saturated carbocycles. The van der Waals surface area contributed by atoms with Crippen molar-refractivity contribution in [2.24, 2.45) is 0 Å². The first kappa shape index (κ1) is 26.6. The number of hydrogen-bond donors (Lipinski definition) is 2. The monoisotopic (exact) mass is 525 g/mol. The number of nitrogens with one attached hydrogen (secondary N) is 1. The topological polar surface area (TPSA) is 90.0 Å². The third kappa shape index (κ3) is 4.89. The summed E-state index contributed by atoms with van der Waals surface area (Å²) in [5, 5.41) is 10.6. The van der Waals surface area contributed by atoms with E-state index in [9.17, 15) is 18.3 Å². The molecule has 2 aromatic carbocycles. The van der Waals surface area contributed by atoms with Crippen molar-refractivity contribution < 1.29 is 31.5 Å². The van der Waals surface area contributed by atoms with Crippen LogP contribution in [0.1, 0.15) is 30.4 Å². The van der Waals surface area contributed by atoms with Crippen molar-refractivity contribution >= 4 is 16.1 Å². The molecule has 0 bridgehead atoms. The van der Waals surface area contributed by atoms with E-state index in [1.807, 2.05) is 17.7 Å². The molecule has 196 valence electrons. The Kier molecular flexibility index (Phi) is 6.97. The zero-order valence-corrected chi connectivity index (χ0v) is 21.2. The second kappa shape index (κ2) is 9.44. The zero-order valence-electron chi connectivity index (χ0n) is 20.3. The van der Waals surface area contributed by atoms with Crippen molar-refractivity contribution in [1.82, 2.24) is 13.9 Å². The summed E-state index contributed by atoms with van der Waals surface area (Å²) < 4.78 is 74.0. The second-order valence-corrected chi connectivity index (χ2v) is 11.8. The van der Waals surface area contributed by atoms with Gasteiger partial charge < -0.3 is 10.0 Å². The van der Waals surface area contributed by atoms with Crippen molar-refractivity contribution in [1.29, 1.82) is 0 Å². The summed E-state index contributed by atoms with van der Waals surface area (Å²) in [7, 11) is -1.93. The minimum atomic E-state index is -4.31. The number of hydrogen-bond acceptors (Lipinski definition) is 4. The van der Waals surface area contributed by atoms with Gasteiger partial charge in [-0.3, -0.25) is 4.79 Å². The van der Waals surface area contributed by atoms with Crippen LogP contribution >= 0.6 is 0 Å². The Hall–Kier alpha value is -2.47. The number of aryl methyl sites for hydroxylation is 1. The van der Waals surface area contributed by atoms with Crippen LogP contribution in [0.15, 0.2) is 42.5 Å². The van der Waals surface area contributed by atoms with E-state index in [0.29, 0.717) is 12.0 Å². The van der Waals surface area contributed by atoms with E-state index in [2.05, 4.69) is 0 Å². The van der Waals surface area contributed by atoms with Crippen molar-refractivity contribution in [3.8, 4) is 11.1 Å². The van der Waals surface area contributed by atoms with Gasteiger partial charge in [0.1, 0.15) is 17.5 Å². The number of benzene rings is 2. The molecule has 1 aliphatic carbocycles. The molecule has 0 unspecified atom stereocenters. The molecule has 1 heterocycles. The number of carbonyl (C=O) groups is 1. The third-order valence-corrected chi connectivity index (χ3v) is 8.57. The van der Waals surface area contributed by atoms with Gasteiger partial charge in [0.25, 0.3) is 22.0 Å². The van der Waals surface area contributed by atoms with Crippen molar-refractivity contribution in [3.63, 3.8) is 0 Å². The summed E-state index contributed by atoms with van der Waals surface area (Å²) in [4.78, 5) is 14.0. The number of alkyl halides is 2. The van der Waals surface area contributed by atoms with Gasteiger partial charge in [0.2, 0.25) is 0 Å². The van der Waals surface area contributed by atoms with Crippen LogP contribution in [0.3, 0.4) is 0 Å². The number of rotatable bonds is 7. The maximum absolute atomic E-state index is 15.7. The molecule has 0 spiro atoms. The fourth-order valence-corrected chi connectivity index (χ4v) is 5.64. The first-order chi connectivity index (χ1) is 16.7. The smallest absolute Gasteiger partial charge is 0.283 e. The fourth-order valence-electron chi connectivity index (χ4n) is 4.78. The van der Waals surface area contributed by atoms with E-state index >= 15 is 13.2 Å². The van der Waals surface area contributed by atoms with E-state index in [-0.39, 0.29) is 30.4 Å². The van der Waals surface area contributed by atoms with Crippen LogP contribution in [0.2, 0.25) is 0 Å². The highest BCUT2D eigenvalue weighted by Gasteiger charge is 2.60. The summed E-state index contributed by atoms with van der Waals surface area (Å²) >= 11 is 0. The molecular formula is C25H30F3N3O4S. The Bertz CT molecular complexity index is 1260. The average Bonchev–Trinajstić information content (AvgIpc) is 3.02.